The summed E-state index contributed by atoms with van der Waals surface area (Å²) in [7, 11) is 0. The quantitative estimate of drug-likeness (QED) is 0.584. The third kappa shape index (κ3) is 4.52. The van der Waals surface area contributed by atoms with Gasteiger partial charge in [0.05, 0.1) is 11.4 Å². The molecular weight excluding hydrogens is 448 g/mol. The Hall–Kier alpha value is -2.38. The van der Waals surface area contributed by atoms with Crippen LogP contribution in [0.1, 0.15) is 47.9 Å². The Labute approximate surface area is 183 Å². The number of furan rings is 1. The number of amides is 1. The number of halogens is 1. The SMILES string of the molecule is Cc1ccc([C@H](CNC(=O)c2cc(=O)c3ccc(Br)cc3o2)N2CCC(C)CC2)o1. The molecule has 6 nitrogen and oxygen atoms in total. The highest BCUT2D eigenvalue weighted by atomic mass is 79.9. The van der Waals surface area contributed by atoms with Crippen LogP contribution in [0.5, 0.6) is 0 Å². The number of aryl methyl sites for hydroxylation is 1. The maximum atomic E-state index is 12.8. The monoisotopic (exact) mass is 472 g/mol. The Morgan fingerprint density at radius 3 is 2.67 bits per heavy atom. The van der Waals surface area contributed by atoms with Crippen molar-refractivity contribution in [1.29, 1.82) is 0 Å². The molecule has 158 valence electrons. The van der Waals surface area contributed by atoms with E-state index in [0.29, 0.717) is 23.4 Å². The molecule has 1 saturated heterocycles. The molecule has 7 heteroatoms. The minimum atomic E-state index is -0.410. The predicted octanol–water partition coefficient (Wildman–Crippen LogP) is 4.66. The second kappa shape index (κ2) is 8.78. The van der Waals surface area contributed by atoms with Crippen LogP contribution >= 0.6 is 15.9 Å². The second-order valence-electron chi connectivity index (χ2n) is 8.01. The van der Waals surface area contributed by atoms with Crippen molar-refractivity contribution in [3.8, 4) is 0 Å². The molecular formula is C23H25BrN2O4. The molecule has 2 aromatic heterocycles. The number of piperidine rings is 1. The van der Waals surface area contributed by atoms with E-state index in [2.05, 4.69) is 33.1 Å². The summed E-state index contributed by atoms with van der Waals surface area (Å²) in [6.45, 7) is 6.48. The molecule has 0 saturated carbocycles. The van der Waals surface area contributed by atoms with Gasteiger partial charge >= 0.3 is 0 Å². The highest BCUT2D eigenvalue weighted by Crippen LogP contribution is 2.28. The fourth-order valence-electron chi connectivity index (χ4n) is 3.90. The van der Waals surface area contributed by atoms with E-state index in [1.165, 1.54) is 6.07 Å². The number of nitrogens with zero attached hydrogens (tertiary/aromatic N) is 1. The molecule has 1 aromatic carbocycles. The number of hydrogen-bond acceptors (Lipinski definition) is 5. The van der Waals surface area contributed by atoms with Crippen LogP contribution in [0.25, 0.3) is 11.0 Å². The van der Waals surface area contributed by atoms with Crippen LogP contribution in [0.4, 0.5) is 0 Å². The summed E-state index contributed by atoms with van der Waals surface area (Å²) in [5.41, 5.74) is 0.141. The number of nitrogens with one attached hydrogen (secondary N) is 1. The molecule has 0 unspecified atom stereocenters. The van der Waals surface area contributed by atoms with Gasteiger partial charge in [-0.05, 0) is 69.1 Å². The van der Waals surface area contributed by atoms with E-state index in [1.807, 2.05) is 19.1 Å². The zero-order valence-corrected chi connectivity index (χ0v) is 18.7. The first-order valence-corrected chi connectivity index (χ1v) is 11.0. The van der Waals surface area contributed by atoms with E-state index in [-0.39, 0.29) is 17.2 Å². The number of rotatable bonds is 5. The highest BCUT2D eigenvalue weighted by molar-refractivity contribution is 9.10. The van der Waals surface area contributed by atoms with Crippen molar-refractivity contribution in [3.63, 3.8) is 0 Å². The fraction of sp³-hybridized carbons (Fsp3) is 0.391. The molecule has 0 radical (unpaired) electrons. The topological polar surface area (TPSA) is 75.7 Å². The Morgan fingerprint density at radius 2 is 1.97 bits per heavy atom. The summed E-state index contributed by atoms with van der Waals surface area (Å²) in [4.78, 5) is 27.5. The lowest BCUT2D eigenvalue weighted by Crippen LogP contribution is -2.41. The number of likely N-dealkylation sites (tertiary alicyclic amines) is 1. The largest absolute Gasteiger partial charge is 0.465 e. The maximum absolute atomic E-state index is 12.8. The lowest BCUT2D eigenvalue weighted by Gasteiger charge is -2.35. The van der Waals surface area contributed by atoms with Crippen molar-refractivity contribution >= 4 is 32.8 Å². The summed E-state index contributed by atoms with van der Waals surface area (Å²) in [6, 6.07) is 10.2. The van der Waals surface area contributed by atoms with Crippen LogP contribution in [-0.2, 0) is 0 Å². The van der Waals surface area contributed by atoms with Gasteiger partial charge in [0, 0.05) is 17.1 Å². The van der Waals surface area contributed by atoms with Gasteiger partial charge in [0.2, 0.25) is 0 Å². The molecule has 0 spiro atoms. The van der Waals surface area contributed by atoms with E-state index >= 15 is 0 Å². The standard InChI is InChI=1S/C23H25BrN2O4/c1-14-7-9-26(10-8-14)18(20-6-3-15(2)29-20)13-25-23(28)22-12-19(27)17-5-4-16(24)11-21(17)30-22/h3-6,11-12,14,18H,7-10,13H2,1-2H3,(H,25,28)/t18-/m0/s1. The molecule has 1 amide bonds. The summed E-state index contributed by atoms with van der Waals surface area (Å²) < 4.78 is 12.4. The minimum absolute atomic E-state index is 0.00671. The van der Waals surface area contributed by atoms with E-state index in [4.69, 9.17) is 8.83 Å². The van der Waals surface area contributed by atoms with Gasteiger partial charge in [0.1, 0.15) is 17.1 Å². The first-order chi connectivity index (χ1) is 14.4. The minimum Gasteiger partial charge on any atom is -0.465 e. The van der Waals surface area contributed by atoms with Gasteiger partial charge in [0.25, 0.3) is 5.91 Å². The Balaban J connectivity index is 1.54. The lowest BCUT2D eigenvalue weighted by atomic mass is 9.97. The van der Waals surface area contributed by atoms with Gasteiger partial charge in [-0.3, -0.25) is 14.5 Å². The number of carbonyl (C=O) groups is 1. The van der Waals surface area contributed by atoms with Crippen LogP contribution in [0.3, 0.4) is 0 Å². The molecule has 1 aliphatic rings. The third-order valence-electron chi connectivity index (χ3n) is 5.72. The van der Waals surface area contributed by atoms with Crippen LogP contribution < -0.4 is 10.7 Å². The number of carbonyl (C=O) groups excluding carboxylic acids is 1. The normalized spacial score (nSPS) is 16.6. The van der Waals surface area contributed by atoms with E-state index in [9.17, 15) is 9.59 Å². The zero-order valence-electron chi connectivity index (χ0n) is 17.1. The van der Waals surface area contributed by atoms with Crippen LogP contribution in [0.2, 0.25) is 0 Å². The molecule has 30 heavy (non-hydrogen) atoms. The number of benzene rings is 1. The van der Waals surface area contributed by atoms with Gasteiger partial charge in [-0.15, -0.1) is 0 Å². The van der Waals surface area contributed by atoms with E-state index in [1.54, 1.807) is 18.2 Å². The zero-order chi connectivity index (χ0) is 21.3. The van der Waals surface area contributed by atoms with Gasteiger partial charge in [-0.2, -0.15) is 0 Å². The molecule has 1 atom stereocenters. The van der Waals surface area contributed by atoms with Crippen LogP contribution in [0, 0.1) is 12.8 Å². The average molecular weight is 473 g/mol. The first kappa shape index (κ1) is 20.9. The number of hydrogen-bond donors (Lipinski definition) is 1. The molecule has 1 N–H and O–H groups in total. The number of fused-ring (bicyclic) bond motifs is 1. The van der Waals surface area contributed by atoms with Gasteiger partial charge in [0.15, 0.2) is 11.2 Å². The van der Waals surface area contributed by atoms with Crippen molar-refractivity contribution in [3.05, 3.63) is 68.4 Å². The second-order valence-corrected chi connectivity index (χ2v) is 8.92. The van der Waals surface area contributed by atoms with Gasteiger partial charge in [-0.1, -0.05) is 22.9 Å². The van der Waals surface area contributed by atoms with E-state index in [0.717, 1.165) is 41.9 Å². The Bertz CT molecular complexity index is 1110. The molecule has 1 fully saturated rings. The fourth-order valence-corrected chi connectivity index (χ4v) is 4.24. The molecule has 4 rings (SSSR count). The Kier molecular flexibility index (Phi) is 6.11. The average Bonchev–Trinajstić information content (AvgIpc) is 3.14. The molecule has 3 aromatic rings. The van der Waals surface area contributed by atoms with Gasteiger partial charge in [-0.25, -0.2) is 0 Å². The van der Waals surface area contributed by atoms with Crippen molar-refractivity contribution in [2.75, 3.05) is 19.6 Å². The summed E-state index contributed by atoms with van der Waals surface area (Å²) in [5.74, 6) is 1.99. The highest BCUT2D eigenvalue weighted by Gasteiger charge is 2.27. The maximum Gasteiger partial charge on any atom is 0.287 e. The smallest absolute Gasteiger partial charge is 0.287 e. The summed E-state index contributed by atoms with van der Waals surface area (Å²) in [5, 5.41) is 3.38. The molecule has 0 aliphatic carbocycles. The summed E-state index contributed by atoms with van der Waals surface area (Å²) in [6.07, 6.45) is 2.25. The third-order valence-corrected chi connectivity index (χ3v) is 6.21. The summed E-state index contributed by atoms with van der Waals surface area (Å²) >= 11 is 3.37. The van der Waals surface area contributed by atoms with Crippen molar-refractivity contribution < 1.29 is 13.6 Å². The lowest BCUT2D eigenvalue weighted by molar-refractivity contribution is 0.0870. The predicted molar refractivity (Wildman–Crippen MR) is 119 cm³/mol. The van der Waals surface area contributed by atoms with Gasteiger partial charge < -0.3 is 14.2 Å². The van der Waals surface area contributed by atoms with Crippen molar-refractivity contribution in [2.24, 2.45) is 5.92 Å². The van der Waals surface area contributed by atoms with Crippen LogP contribution in [-0.4, -0.2) is 30.4 Å². The first-order valence-electron chi connectivity index (χ1n) is 10.2. The molecule has 3 heterocycles. The van der Waals surface area contributed by atoms with E-state index < -0.39 is 5.91 Å². The molecule has 1 aliphatic heterocycles. The molecule has 0 bridgehead atoms. The Morgan fingerprint density at radius 1 is 1.20 bits per heavy atom. The van der Waals surface area contributed by atoms with Crippen LogP contribution in [0.15, 0.2) is 54.5 Å². The van der Waals surface area contributed by atoms with Crippen molar-refractivity contribution in [2.45, 2.75) is 32.7 Å². The van der Waals surface area contributed by atoms with Crippen molar-refractivity contribution in [1.82, 2.24) is 10.2 Å².